The number of carbonyl (C=O) groups is 2. The summed E-state index contributed by atoms with van der Waals surface area (Å²) >= 11 is 1.11. The minimum absolute atomic E-state index is 0.0702. The molecule has 210 valence electrons. The highest BCUT2D eigenvalue weighted by molar-refractivity contribution is 7.19. The number of hydrogen-bond acceptors (Lipinski definition) is 8. The van der Waals surface area contributed by atoms with Crippen molar-refractivity contribution in [2.24, 2.45) is 4.99 Å². The van der Waals surface area contributed by atoms with E-state index in [0.717, 1.165) is 22.6 Å². The van der Waals surface area contributed by atoms with E-state index in [9.17, 15) is 9.59 Å². The van der Waals surface area contributed by atoms with Crippen LogP contribution in [-0.4, -0.2) is 44.1 Å². The lowest BCUT2D eigenvalue weighted by atomic mass is 10.0. The Kier molecular flexibility index (Phi) is 8.70. The molecule has 5 rings (SSSR count). The predicted molar refractivity (Wildman–Crippen MR) is 164 cm³/mol. The van der Waals surface area contributed by atoms with Crippen molar-refractivity contribution in [2.75, 3.05) is 26.2 Å². The molecule has 0 N–H and O–H groups in total. The van der Waals surface area contributed by atoms with E-state index in [0.29, 0.717) is 33.5 Å². The number of pyridine rings is 1. The van der Waals surface area contributed by atoms with Gasteiger partial charge in [0.25, 0.3) is 0 Å². The highest BCUT2D eigenvalue weighted by Crippen LogP contribution is 2.46. The molecule has 0 saturated heterocycles. The molecule has 0 amide bonds. The van der Waals surface area contributed by atoms with Gasteiger partial charge in [-0.15, -0.1) is 11.3 Å². The molecular weight excluding hydrogens is 550 g/mol. The predicted octanol–water partition coefficient (Wildman–Crippen LogP) is 7.31. The standard InChI is InChI=1S/C33H27N3O5S/c1-39-25-19-17-23(18-20-25)35-30(22-12-6-4-7-13-22)36(24-14-8-5-9-15-24)31-27(26-16-10-11-21-34-26)28(32(37)40-2)29(42-31)33(38)41-3/h4-21H,1-3H3. The number of ether oxygens (including phenoxy) is 3. The topological polar surface area (TPSA) is 90.3 Å². The molecule has 5 aromatic rings. The normalized spacial score (nSPS) is 11.1. The van der Waals surface area contributed by atoms with E-state index < -0.39 is 11.9 Å². The number of rotatable bonds is 8. The average Bonchev–Trinajstić information content (AvgIpc) is 3.45. The van der Waals surface area contributed by atoms with Crippen LogP contribution in [0.2, 0.25) is 0 Å². The first-order chi connectivity index (χ1) is 20.5. The van der Waals surface area contributed by atoms with Gasteiger partial charge in [0, 0.05) is 17.4 Å². The Hall–Kier alpha value is -5.28. The molecule has 8 nitrogen and oxygen atoms in total. The Labute approximate surface area is 247 Å². The first-order valence-electron chi connectivity index (χ1n) is 12.9. The summed E-state index contributed by atoms with van der Waals surface area (Å²) in [4.78, 5) is 38.1. The zero-order chi connectivity index (χ0) is 29.5. The highest BCUT2D eigenvalue weighted by atomic mass is 32.1. The monoisotopic (exact) mass is 577 g/mol. The quantitative estimate of drug-likeness (QED) is 0.109. The van der Waals surface area contributed by atoms with Crippen LogP contribution in [0.15, 0.2) is 114 Å². The number of para-hydroxylation sites is 1. The number of carbonyl (C=O) groups excluding carboxylic acids is 2. The summed E-state index contributed by atoms with van der Waals surface area (Å²) in [6, 6.07) is 32.1. The molecule has 0 aliphatic carbocycles. The maximum absolute atomic E-state index is 13.3. The fraction of sp³-hybridized carbons (Fsp3) is 0.0909. The van der Waals surface area contributed by atoms with Gasteiger partial charge >= 0.3 is 11.9 Å². The zero-order valence-electron chi connectivity index (χ0n) is 23.2. The molecule has 2 aromatic heterocycles. The third-order valence-electron chi connectivity index (χ3n) is 6.34. The van der Waals surface area contributed by atoms with Crippen LogP contribution in [0.5, 0.6) is 5.75 Å². The first-order valence-corrected chi connectivity index (χ1v) is 13.8. The number of nitrogens with zero attached hydrogens (tertiary/aromatic N) is 3. The van der Waals surface area contributed by atoms with Gasteiger partial charge in [0.2, 0.25) is 0 Å². The van der Waals surface area contributed by atoms with Crippen LogP contribution in [0.3, 0.4) is 0 Å². The molecule has 0 bridgehead atoms. The van der Waals surface area contributed by atoms with Crippen molar-refractivity contribution in [2.45, 2.75) is 0 Å². The van der Waals surface area contributed by atoms with Crippen molar-refractivity contribution >= 4 is 45.5 Å². The van der Waals surface area contributed by atoms with Crippen LogP contribution in [0, 0.1) is 0 Å². The van der Waals surface area contributed by atoms with Gasteiger partial charge in [-0.2, -0.15) is 0 Å². The number of esters is 2. The third kappa shape index (κ3) is 5.77. The Morgan fingerprint density at radius 2 is 1.40 bits per heavy atom. The van der Waals surface area contributed by atoms with E-state index >= 15 is 0 Å². The van der Waals surface area contributed by atoms with Crippen molar-refractivity contribution in [3.63, 3.8) is 0 Å². The van der Waals surface area contributed by atoms with Gasteiger partial charge < -0.3 is 14.2 Å². The Morgan fingerprint density at radius 1 is 0.762 bits per heavy atom. The highest BCUT2D eigenvalue weighted by Gasteiger charge is 2.34. The number of benzene rings is 3. The summed E-state index contributed by atoms with van der Waals surface area (Å²) in [5.74, 6) is -0.0837. The maximum atomic E-state index is 13.3. The van der Waals surface area contributed by atoms with Crippen LogP contribution in [-0.2, 0) is 9.47 Å². The van der Waals surface area contributed by atoms with Crippen LogP contribution in [0.25, 0.3) is 11.3 Å². The van der Waals surface area contributed by atoms with E-state index in [1.807, 2.05) is 95.9 Å². The molecule has 0 fully saturated rings. The first kappa shape index (κ1) is 28.3. The van der Waals surface area contributed by atoms with Crippen LogP contribution >= 0.6 is 11.3 Å². The van der Waals surface area contributed by atoms with E-state index in [1.54, 1.807) is 25.4 Å². The number of aromatic nitrogens is 1. The van der Waals surface area contributed by atoms with Crippen molar-refractivity contribution in [3.05, 3.63) is 125 Å². The number of thiophene rings is 1. The summed E-state index contributed by atoms with van der Waals surface area (Å²) in [6.07, 6.45) is 1.63. The van der Waals surface area contributed by atoms with Crippen LogP contribution in [0.4, 0.5) is 16.4 Å². The minimum Gasteiger partial charge on any atom is -0.497 e. The van der Waals surface area contributed by atoms with Gasteiger partial charge in [0.1, 0.15) is 21.5 Å². The summed E-state index contributed by atoms with van der Waals surface area (Å²) in [6.45, 7) is 0. The minimum atomic E-state index is -0.681. The van der Waals surface area contributed by atoms with Crippen LogP contribution < -0.4 is 9.64 Å². The average molecular weight is 578 g/mol. The molecular formula is C33H27N3O5S. The lowest BCUT2D eigenvalue weighted by Gasteiger charge is -2.27. The van der Waals surface area contributed by atoms with Crippen molar-refractivity contribution < 1.29 is 23.8 Å². The Balaban J connectivity index is 1.88. The number of aliphatic imine (C=N–C) groups is 1. The molecule has 0 unspecified atom stereocenters. The van der Waals surface area contributed by atoms with E-state index in [4.69, 9.17) is 19.2 Å². The van der Waals surface area contributed by atoms with Gasteiger partial charge in [-0.3, -0.25) is 9.88 Å². The lowest BCUT2D eigenvalue weighted by Crippen LogP contribution is -2.27. The molecule has 9 heteroatoms. The van der Waals surface area contributed by atoms with Gasteiger partial charge in [-0.05, 0) is 48.5 Å². The summed E-state index contributed by atoms with van der Waals surface area (Å²) in [7, 11) is 4.16. The number of hydrogen-bond donors (Lipinski definition) is 0. The lowest BCUT2D eigenvalue weighted by molar-refractivity contribution is 0.0561. The second kappa shape index (κ2) is 12.9. The number of anilines is 2. The number of methoxy groups -OCH3 is 3. The second-order valence-corrected chi connectivity index (χ2v) is 9.85. The fourth-order valence-electron chi connectivity index (χ4n) is 4.38. The van der Waals surface area contributed by atoms with Gasteiger partial charge in [0.15, 0.2) is 0 Å². The van der Waals surface area contributed by atoms with Crippen molar-refractivity contribution in [3.8, 4) is 17.0 Å². The molecule has 0 aliphatic heterocycles. The Morgan fingerprint density at radius 3 is 2.00 bits per heavy atom. The molecule has 42 heavy (non-hydrogen) atoms. The van der Waals surface area contributed by atoms with Crippen LogP contribution in [0.1, 0.15) is 25.6 Å². The molecule has 2 heterocycles. The van der Waals surface area contributed by atoms with E-state index in [-0.39, 0.29) is 10.4 Å². The molecule has 0 spiro atoms. The largest absolute Gasteiger partial charge is 0.497 e. The molecule has 0 radical (unpaired) electrons. The van der Waals surface area contributed by atoms with Crippen molar-refractivity contribution in [1.82, 2.24) is 4.98 Å². The molecule has 3 aromatic carbocycles. The van der Waals surface area contributed by atoms with Gasteiger partial charge in [-0.1, -0.05) is 54.6 Å². The molecule has 0 aliphatic rings. The van der Waals surface area contributed by atoms with E-state index in [2.05, 4.69) is 4.98 Å². The third-order valence-corrected chi connectivity index (χ3v) is 7.49. The Bertz CT molecular complexity index is 1700. The fourth-order valence-corrected chi connectivity index (χ4v) is 5.62. The van der Waals surface area contributed by atoms with E-state index in [1.165, 1.54) is 14.2 Å². The summed E-state index contributed by atoms with van der Waals surface area (Å²) < 4.78 is 15.6. The van der Waals surface area contributed by atoms with Gasteiger partial charge in [-0.25, -0.2) is 14.6 Å². The molecule has 0 atom stereocenters. The smallest absolute Gasteiger partial charge is 0.349 e. The maximum Gasteiger partial charge on any atom is 0.349 e. The number of amidine groups is 1. The summed E-state index contributed by atoms with van der Waals surface area (Å²) in [5, 5.41) is 0.539. The summed E-state index contributed by atoms with van der Waals surface area (Å²) in [5.41, 5.74) is 3.21. The van der Waals surface area contributed by atoms with Crippen molar-refractivity contribution in [1.29, 1.82) is 0 Å². The second-order valence-electron chi connectivity index (χ2n) is 8.85. The zero-order valence-corrected chi connectivity index (χ0v) is 24.0. The van der Waals surface area contributed by atoms with Gasteiger partial charge in [0.05, 0.1) is 43.8 Å². The SMILES string of the molecule is COC(=O)c1sc(N(C(=Nc2ccc(OC)cc2)c2ccccc2)c2ccccc2)c(-c2ccccn2)c1C(=O)OC. The molecule has 0 saturated carbocycles.